The molecule has 5 rings (SSSR count). The van der Waals surface area contributed by atoms with E-state index in [2.05, 4.69) is 20.3 Å². The predicted molar refractivity (Wildman–Crippen MR) is 112 cm³/mol. The number of piperidine rings is 3. The van der Waals surface area contributed by atoms with Crippen LogP contribution in [-0.2, 0) is 11.2 Å². The van der Waals surface area contributed by atoms with Gasteiger partial charge >= 0.3 is 0 Å². The number of hydrogen-bond acceptors (Lipinski definition) is 5. The monoisotopic (exact) mass is 414 g/mol. The first-order chi connectivity index (χ1) is 14.5. The van der Waals surface area contributed by atoms with Gasteiger partial charge in [0, 0.05) is 38.6 Å². The number of rotatable bonds is 6. The van der Waals surface area contributed by atoms with E-state index in [1.54, 1.807) is 6.92 Å². The third-order valence-electron chi connectivity index (χ3n) is 7.75. The fourth-order valence-electron chi connectivity index (χ4n) is 6.19. The molecule has 0 spiro atoms. The first kappa shape index (κ1) is 20.0. The lowest BCUT2D eigenvalue weighted by molar-refractivity contribution is -0.152. The van der Waals surface area contributed by atoms with Crippen LogP contribution in [0.25, 0.3) is 0 Å². The van der Waals surface area contributed by atoms with Gasteiger partial charge in [0.1, 0.15) is 11.3 Å². The Morgan fingerprint density at radius 1 is 1.23 bits per heavy atom. The quantitative estimate of drug-likeness (QED) is 0.773. The number of likely N-dealkylation sites (tertiary alicyclic amines) is 1. The molecule has 2 amide bonds. The van der Waals surface area contributed by atoms with Crippen LogP contribution >= 0.6 is 0 Å². The highest BCUT2D eigenvalue weighted by atomic mass is 16.5. The Morgan fingerprint density at radius 2 is 2.03 bits per heavy atom. The van der Waals surface area contributed by atoms with Crippen molar-refractivity contribution < 1.29 is 14.1 Å². The molecule has 30 heavy (non-hydrogen) atoms. The van der Waals surface area contributed by atoms with E-state index in [9.17, 15) is 9.59 Å². The molecule has 4 fully saturated rings. The van der Waals surface area contributed by atoms with Crippen molar-refractivity contribution in [2.75, 3.05) is 26.2 Å². The van der Waals surface area contributed by atoms with Crippen LogP contribution in [0.2, 0.25) is 0 Å². The Morgan fingerprint density at radius 3 is 2.80 bits per heavy atom. The van der Waals surface area contributed by atoms with Crippen LogP contribution in [0.5, 0.6) is 0 Å². The molecule has 1 saturated carbocycles. The Balaban J connectivity index is 1.34. The molecular formula is C23H34N4O3. The van der Waals surface area contributed by atoms with E-state index in [1.807, 2.05) is 6.92 Å². The van der Waals surface area contributed by atoms with E-state index in [4.69, 9.17) is 4.52 Å². The summed E-state index contributed by atoms with van der Waals surface area (Å²) in [6.07, 6.45) is 7.35. The second-order valence-electron chi connectivity index (χ2n) is 9.87. The fourth-order valence-corrected chi connectivity index (χ4v) is 6.19. The van der Waals surface area contributed by atoms with Crippen molar-refractivity contribution in [3.8, 4) is 0 Å². The van der Waals surface area contributed by atoms with Crippen molar-refractivity contribution in [2.45, 2.75) is 70.9 Å². The van der Waals surface area contributed by atoms with Gasteiger partial charge in [0.2, 0.25) is 5.91 Å². The topological polar surface area (TPSA) is 78.7 Å². The fraction of sp³-hybridized carbons (Fsp3) is 0.783. The van der Waals surface area contributed by atoms with Crippen LogP contribution in [0.3, 0.4) is 0 Å². The van der Waals surface area contributed by atoms with Crippen molar-refractivity contribution >= 4 is 11.8 Å². The highest BCUT2D eigenvalue weighted by Gasteiger charge is 2.49. The minimum absolute atomic E-state index is 0.0928. The maximum atomic E-state index is 13.0. The third-order valence-corrected chi connectivity index (χ3v) is 7.75. The average molecular weight is 415 g/mol. The lowest BCUT2D eigenvalue weighted by Crippen LogP contribution is -2.67. The highest BCUT2D eigenvalue weighted by molar-refractivity contribution is 5.96. The molecule has 0 aromatic carbocycles. The lowest BCUT2D eigenvalue weighted by Gasteiger charge is -2.56. The van der Waals surface area contributed by atoms with Gasteiger partial charge in [0.25, 0.3) is 5.91 Å². The van der Waals surface area contributed by atoms with Crippen molar-refractivity contribution in [3.05, 3.63) is 17.0 Å². The van der Waals surface area contributed by atoms with Crippen LogP contribution in [0, 0.1) is 24.7 Å². The van der Waals surface area contributed by atoms with E-state index in [-0.39, 0.29) is 17.9 Å². The van der Waals surface area contributed by atoms with Gasteiger partial charge in [-0.15, -0.1) is 0 Å². The zero-order valence-corrected chi connectivity index (χ0v) is 18.2. The van der Waals surface area contributed by atoms with Gasteiger partial charge in [0.15, 0.2) is 0 Å². The number of carbonyl (C=O) groups excluding carboxylic acids is 2. The molecule has 7 nitrogen and oxygen atoms in total. The number of hydrogen-bond donors (Lipinski definition) is 1. The summed E-state index contributed by atoms with van der Waals surface area (Å²) in [7, 11) is 0. The molecule has 4 heterocycles. The zero-order chi connectivity index (χ0) is 20.8. The van der Waals surface area contributed by atoms with Gasteiger partial charge in [0.05, 0.1) is 11.7 Å². The largest absolute Gasteiger partial charge is 0.361 e. The SMILES string of the molecule is CCc1noc(C)c1C(=O)NC[C@H]1[C@H]2C[C@H](CN(CC3CC3)C2)[C@@H]2CCCC(=O)N21. The molecule has 2 bridgehead atoms. The summed E-state index contributed by atoms with van der Waals surface area (Å²) in [6.45, 7) is 7.68. The van der Waals surface area contributed by atoms with Crippen molar-refractivity contribution in [3.63, 3.8) is 0 Å². The van der Waals surface area contributed by atoms with Crippen LogP contribution < -0.4 is 5.32 Å². The van der Waals surface area contributed by atoms with Gasteiger partial charge in [-0.1, -0.05) is 12.1 Å². The maximum Gasteiger partial charge on any atom is 0.256 e. The minimum atomic E-state index is -0.126. The summed E-state index contributed by atoms with van der Waals surface area (Å²) < 4.78 is 5.24. The van der Waals surface area contributed by atoms with Crippen molar-refractivity contribution in [2.24, 2.45) is 17.8 Å². The number of nitrogens with one attached hydrogen (secondary N) is 1. The van der Waals surface area contributed by atoms with Gasteiger partial charge in [-0.2, -0.15) is 0 Å². The Labute approximate surface area is 178 Å². The summed E-state index contributed by atoms with van der Waals surface area (Å²) in [5.41, 5.74) is 1.26. The smallest absolute Gasteiger partial charge is 0.256 e. The highest BCUT2D eigenvalue weighted by Crippen LogP contribution is 2.42. The standard InChI is InChI=1S/C23H34N4O3/c1-3-18-22(14(2)30-25-18)23(29)24-10-20-17-9-16(12-26(13-17)11-15-7-8-15)19-5-4-6-21(28)27(19)20/h15-17,19-20H,3-13H2,1-2H3,(H,24,29)/t16-,17+,19+,20+/m1/s1. The lowest BCUT2D eigenvalue weighted by atomic mass is 9.72. The van der Waals surface area contributed by atoms with Crippen molar-refractivity contribution in [1.82, 2.24) is 20.3 Å². The summed E-state index contributed by atoms with van der Waals surface area (Å²) in [4.78, 5) is 30.7. The molecule has 0 unspecified atom stereocenters. The molecular weight excluding hydrogens is 380 g/mol. The molecule has 1 N–H and O–H groups in total. The molecule has 3 saturated heterocycles. The van der Waals surface area contributed by atoms with Gasteiger partial charge in [-0.05, 0) is 63.2 Å². The van der Waals surface area contributed by atoms with E-state index in [0.717, 1.165) is 31.8 Å². The van der Waals surface area contributed by atoms with E-state index < -0.39 is 0 Å². The molecule has 1 aromatic rings. The van der Waals surface area contributed by atoms with Crippen LogP contribution in [0.4, 0.5) is 0 Å². The van der Waals surface area contributed by atoms with Crippen LogP contribution in [0.15, 0.2) is 4.52 Å². The molecule has 1 aromatic heterocycles. The summed E-state index contributed by atoms with van der Waals surface area (Å²) >= 11 is 0. The summed E-state index contributed by atoms with van der Waals surface area (Å²) in [5.74, 6) is 2.63. The number of fused-ring (bicyclic) bond motifs is 4. The predicted octanol–water partition coefficient (Wildman–Crippen LogP) is 2.39. The Hall–Kier alpha value is -1.89. The first-order valence-corrected chi connectivity index (χ1v) is 11.8. The summed E-state index contributed by atoms with van der Waals surface area (Å²) in [5, 5.41) is 7.16. The Kier molecular flexibility index (Phi) is 5.33. The van der Waals surface area contributed by atoms with Crippen LogP contribution in [0.1, 0.15) is 67.3 Å². The van der Waals surface area contributed by atoms with Crippen LogP contribution in [-0.4, -0.2) is 65.0 Å². The third kappa shape index (κ3) is 3.66. The van der Waals surface area contributed by atoms with E-state index in [1.165, 1.54) is 25.8 Å². The minimum Gasteiger partial charge on any atom is -0.361 e. The first-order valence-electron chi connectivity index (χ1n) is 11.8. The van der Waals surface area contributed by atoms with Crippen molar-refractivity contribution in [1.29, 1.82) is 0 Å². The number of carbonyl (C=O) groups is 2. The number of aryl methyl sites for hydroxylation is 2. The maximum absolute atomic E-state index is 13.0. The van der Waals surface area contributed by atoms with Gasteiger partial charge < -0.3 is 19.6 Å². The molecule has 3 aliphatic heterocycles. The van der Waals surface area contributed by atoms with E-state index >= 15 is 0 Å². The van der Waals surface area contributed by atoms with Gasteiger partial charge in [-0.3, -0.25) is 9.59 Å². The molecule has 0 radical (unpaired) electrons. The average Bonchev–Trinajstić information content (AvgIpc) is 3.46. The van der Waals surface area contributed by atoms with E-state index in [0.29, 0.717) is 54.3 Å². The molecule has 164 valence electrons. The van der Waals surface area contributed by atoms with Gasteiger partial charge in [-0.25, -0.2) is 0 Å². The zero-order valence-electron chi connectivity index (χ0n) is 18.2. The summed E-state index contributed by atoms with van der Waals surface area (Å²) in [6, 6.07) is 0.435. The molecule has 7 heteroatoms. The number of aromatic nitrogens is 1. The molecule has 4 atom stereocenters. The second kappa shape index (κ2) is 7.98. The number of nitrogens with zero attached hydrogens (tertiary/aromatic N) is 3. The molecule has 1 aliphatic carbocycles. The Bertz CT molecular complexity index is 817. The normalized spacial score (nSPS) is 31.5. The molecule has 4 aliphatic rings. The second-order valence-corrected chi connectivity index (χ2v) is 9.87. The number of amides is 2.